The van der Waals surface area contributed by atoms with Crippen molar-refractivity contribution in [2.45, 2.75) is 20.9 Å². The molecule has 0 aliphatic heterocycles. The van der Waals surface area contributed by atoms with Crippen molar-refractivity contribution in [1.82, 2.24) is 9.38 Å². The third-order valence-electron chi connectivity index (χ3n) is 3.61. The van der Waals surface area contributed by atoms with Crippen LogP contribution in [-0.4, -0.2) is 20.5 Å². The van der Waals surface area contributed by atoms with E-state index in [9.17, 15) is 14.7 Å². The predicted molar refractivity (Wildman–Crippen MR) is 98.7 cm³/mol. The van der Waals surface area contributed by atoms with Crippen LogP contribution in [0.4, 0.5) is 5.82 Å². The van der Waals surface area contributed by atoms with Gasteiger partial charge in [0.25, 0.3) is 5.56 Å². The van der Waals surface area contributed by atoms with Crippen molar-refractivity contribution in [1.29, 1.82) is 0 Å². The van der Waals surface area contributed by atoms with Crippen LogP contribution in [0.2, 0.25) is 5.02 Å². The van der Waals surface area contributed by atoms with Gasteiger partial charge >= 0.3 is 5.97 Å². The summed E-state index contributed by atoms with van der Waals surface area (Å²) in [6.07, 6.45) is 1.50. The highest BCUT2D eigenvalue weighted by atomic mass is 35.5. The second kappa shape index (κ2) is 7.36. The summed E-state index contributed by atoms with van der Waals surface area (Å²) in [6.45, 7) is 2.11. The Balaban J connectivity index is 0.00000225. The Morgan fingerprint density at radius 2 is 2.08 bits per heavy atom. The number of pyridine rings is 1. The van der Waals surface area contributed by atoms with Crippen LogP contribution in [0.3, 0.4) is 0 Å². The zero-order valence-electron chi connectivity index (χ0n) is 12.8. The van der Waals surface area contributed by atoms with E-state index >= 15 is 0 Å². The molecule has 0 spiro atoms. The number of nitrogens with zero attached hydrogens (tertiary/aromatic N) is 2. The fourth-order valence-corrected chi connectivity index (χ4v) is 2.66. The average molecular weight is 360 g/mol. The number of benzene rings is 1. The molecule has 0 saturated heterocycles. The third kappa shape index (κ3) is 3.64. The zero-order chi connectivity index (χ0) is 17.3. The van der Waals surface area contributed by atoms with Crippen LogP contribution in [0, 0.1) is 6.92 Å². The molecular formula is C18H18ClN3O3. The van der Waals surface area contributed by atoms with E-state index in [-0.39, 0.29) is 18.8 Å². The first-order valence-corrected chi connectivity index (χ1v) is 7.59. The minimum absolute atomic E-state index is 0. The number of hydrogen-bond donors (Lipinski definition) is 2. The highest BCUT2D eigenvalue weighted by Crippen LogP contribution is 2.16. The number of fused-ring (bicyclic) bond motifs is 1. The fraction of sp³-hybridized carbons (Fsp3) is 0.167. The number of hydrogen-bond acceptors (Lipinski definition) is 4. The van der Waals surface area contributed by atoms with Gasteiger partial charge in [-0.1, -0.05) is 37.2 Å². The molecule has 0 radical (unpaired) electrons. The number of rotatable bonds is 4. The molecule has 0 saturated carbocycles. The lowest BCUT2D eigenvalue weighted by Gasteiger charge is -2.11. The van der Waals surface area contributed by atoms with Crippen LogP contribution >= 0.6 is 11.6 Å². The van der Waals surface area contributed by atoms with Crippen LogP contribution in [0.15, 0.2) is 47.4 Å². The van der Waals surface area contributed by atoms with Gasteiger partial charge in [-0.15, -0.1) is 0 Å². The molecule has 130 valence electrons. The maximum absolute atomic E-state index is 12.5. The Morgan fingerprint density at radius 3 is 2.76 bits per heavy atom. The molecule has 2 N–H and O–H groups in total. The monoisotopic (exact) mass is 359 g/mol. The molecule has 0 bridgehead atoms. The minimum Gasteiger partial charge on any atom is -0.477 e. The molecule has 0 atom stereocenters. The van der Waals surface area contributed by atoms with Gasteiger partial charge in [0.05, 0.1) is 0 Å². The molecule has 2 aromatic heterocycles. The SMILES string of the molecule is C.Cc1cccn2c(=O)c(C(=O)O)c(NCc3cccc(Cl)c3)nc12. The van der Waals surface area contributed by atoms with Crippen LogP contribution in [0.25, 0.3) is 5.65 Å². The predicted octanol–water partition coefficient (Wildman–Crippen LogP) is 3.60. The number of carboxylic acids is 1. The van der Waals surface area contributed by atoms with E-state index in [1.807, 2.05) is 19.1 Å². The first-order chi connectivity index (χ1) is 11.5. The first-order valence-electron chi connectivity index (χ1n) is 7.21. The number of aromatic carboxylic acids is 1. The third-order valence-corrected chi connectivity index (χ3v) is 3.85. The van der Waals surface area contributed by atoms with Crippen LogP contribution < -0.4 is 10.9 Å². The molecule has 3 rings (SSSR count). The van der Waals surface area contributed by atoms with Gasteiger partial charge in [-0.3, -0.25) is 9.20 Å². The smallest absolute Gasteiger partial charge is 0.345 e. The molecule has 3 aromatic rings. The Bertz CT molecular complexity index is 999. The summed E-state index contributed by atoms with van der Waals surface area (Å²) in [4.78, 5) is 28.3. The number of aromatic nitrogens is 2. The summed E-state index contributed by atoms with van der Waals surface area (Å²) in [5.74, 6) is -1.28. The Kier molecular flexibility index (Phi) is 5.44. The van der Waals surface area contributed by atoms with E-state index in [4.69, 9.17) is 11.6 Å². The molecule has 25 heavy (non-hydrogen) atoms. The van der Waals surface area contributed by atoms with Crippen LogP contribution in [-0.2, 0) is 6.54 Å². The molecule has 0 amide bonds. The van der Waals surface area contributed by atoms with Gasteiger partial charge in [0.1, 0.15) is 11.5 Å². The van der Waals surface area contributed by atoms with Gasteiger partial charge < -0.3 is 10.4 Å². The molecule has 1 aromatic carbocycles. The lowest BCUT2D eigenvalue weighted by molar-refractivity contribution is 0.0695. The van der Waals surface area contributed by atoms with Crippen molar-refractivity contribution in [3.63, 3.8) is 0 Å². The summed E-state index contributed by atoms with van der Waals surface area (Å²) in [5, 5.41) is 12.9. The fourth-order valence-electron chi connectivity index (χ4n) is 2.45. The normalized spacial score (nSPS) is 10.3. The molecule has 6 nitrogen and oxygen atoms in total. The molecule has 2 heterocycles. The van der Waals surface area contributed by atoms with Gasteiger partial charge in [-0.2, -0.15) is 0 Å². The molecule has 0 fully saturated rings. The van der Waals surface area contributed by atoms with Gasteiger partial charge in [0, 0.05) is 17.8 Å². The van der Waals surface area contributed by atoms with Gasteiger partial charge in [-0.05, 0) is 36.2 Å². The van der Waals surface area contributed by atoms with E-state index in [0.717, 1.165) is 11.1 Å². The van der Waals surface area contributed by atoms with Gasteiger partial charge in [0.15, 0.2) is 5.56 Å². The topological polar surface area (TPSA) is 83.7 Å². The van der Waals surface area contributed by atoms with E-state index in [1.165, 1.54) is 10.6 Å². The first kappa shape index (κ1) is 18.5. The number of anilines is 1. The second-order valence-electron chi connectivity index (χ2n) is 5.31. The maximum atomic E-state index is 12.5. The Hall–Kier alpha value is -2.86. The van der Waals surface area contributed by atoms with Gasteiger partial charge in [0.2, 0.25) is 0 Å². The summed E-state index contributed by atoms with van der Waals surface area (Å²) < 4.78 is 1.24. The van der Waals surface area contributed by atoms with Crippen molar-refractivity contribution in [3.05, 3.63) is 74.7 Å². The highest BCUT2D eigenvalue weighted by molar-refractivity contribution is 6.30. The zero-order valence-corrected chi connectivity index (χ0v) is 13.5. The van der Waals surface area contributed by atoms with Crippen molar-refractivity contribution in [2.24, 2.45) is 0 Å². The highest BCUT2D eigenvalue weighted by Gasteiger charge is 2.19. The number of carbonyl (C=O) groups is 1. The quantitative estimate of drug-likeness (QED) is 0.743. The van der Waals surface area contributed by atoms with Gasteiger partial charge in [-0.25, -0.2) is 9.78 Å². The summed E-state index contributed by atoms with van der Waals surface area (Å²) in [5.41, 5.74) is 1.04. The van der Waals surface area contributed by atoms with E-state index < -0.39 is 11.5 Å². The summed E-state index contributed by atoms with van der Waals surface area (Å²) in [7, 11) is 0. The standard InChI is InChI=1S/C17H14ClN3O3.CH4/c1-10-4-3-7-21-15(10)20-14(13(16(21)22)17(23)24)19-9-11-5-2-6-12(18)8-11;/h2-8,19H,9H2,1H3,(H,23,24);1H4. The van der Waals surface area contributed by atoms with Crippen molar-refractivity contribution >= 4 is 29.0 Å². The maximum Gasteiger partial charge on any atom is 0.345 e. The number of nitrogens with one attached hydrogen (secondary N) is 1. The minimum atomic E-state index is -1.32. The van der Waals surface area contributed by atoms with Crippen LogP contribution in [0.5, 0.6) is 0 Å². The van der Waals surface area contributed by atoms with E-state index in [2.05, 4.69) is 10.3 Å². The molecular weight excluding hydrogens is 342 g/mol. The molecule has 0 unspecified atom stereocenters. The Morgan fingerprint density at radius 1 is 1.32 bits per heavy atom. The largest absolute Gasteiger partial charge is 0.477 e. The lowest BCUT2D eigenvalue weighted by Crippen LogP contribution is -2.26. The number of carboxylic acid groups (broad SMARTS) is 1. The molecule has 7 heteroatoms. The Labute approximate surface area is 149 Å². The molecule has 0 aliphatic carbocycles. The summed E-state index contributed by atoms with van der Waals surface area (Å²) >= 11 is 5.94. The summed E-state index contributed by atoms with van der Waals surface area (Å²) in [6, 6.07) is 10.6. The van der Waals surface area contributed by atoms with E-state index in [1.54, 1.807) is 24.3 Å². The van der Waals surface area contributed by atoms with Crippen molar-refractivity contribution in [3.8, 4) is 0 Å². The van der Waals surface area contributed by atoms with Crippen molar-refractivity contribution in [2.75, 3.05) is 5.32 Å². The average Bonchev–Trinajstić information content (AvgIpc) is 2.53. The number of aryl methyl sites for hydroxylation is 1. The van der Waals surface area contributed by atoms with E-state index in [0.29, 0.717) is 17.2 Å². The number of halogens is 1. The van der Waals surface area contributed by atoms with Crippen LogP contribution in [0.1, 0.15) is 28.9 Å². The lowest BCUT2D eigenvalue weighted by atomic mass is 10.2. The molecule has 0 aliphatic rings. The van der Waals surface area contributed by atoms with Crippen molar-refractivity contribution < 1.29 is 9.90 Å². The second-order valence-corrected chi connectivity index (χ2v) is 5.75.